The maximum Gasteiger partial charge on any atom is 0.307 e. The molecule has 1 saturated carbocycles. The Bertz CT molecular complexity index is 518. The van der Waals surface area contributed by atoms with Crippen molar-refractivity contribution in [3.05, 3.63) is 34.7 Å². The summed E-state index contributed by atoms with van der Waals surface area (Å²) in [5.41, 5.74) is 3.62. The number of furan rings is 1. The van der Waals surface area contributed by atoms with Gasteiger partial charge in [0.05, 0.1) is 0 Å². The average Bonchev–Trinajstić information content (AvgIpc) is 2.86. The van der Waals surface area contributed by atoms with Crippen LogP contribution in [0.1, 0.15) is 23.4 Å². The van der Waals surface area contributed by atoms with Crippen LogP contribution in [-0.2, 0) is 0 Å². The lowest BCUT2D eigenvalue weighted by atomic mass is 9.74. The van der Waals surface area contributed by atoms with E-state index in [2.05, 4.69) is 38.6 Å². The standard InChI is InChI=1S/C12H11BrN2O2/c13-11-5-4-10(17-11)12(16)15-14-9-6-7-2-1-3-8(7)9/h1-2,4-5,7-8H,3,6H2,(H,15,16)/b14-9+/t7-,8+/m1/s1. The maximum absolute atomic E-state index is 11.6. The lowest BCUT2D eigenvalue weighted by Crippen LogP contribution is -2.35. The molecule has 4 nitrogen and oxygen atoms in total. The molecule has 1 amide bonds. The van der Waals surface area contributed by atoms with Crippen LogP contribution in [0.2, 0.25) is 0 Å². The summed E-state index contributed by atoms with van der Waals surface area (Å²) >= 11 is 3.15. The van der Waals surface area contributed by atoms with Crippen LogP contribution in [0.15, 0.2) is 38.5 Å². The first-order valence-electron chi connectivity index (χ1n) is 5.53. The molecule has 1 aromatic rings. The molecule has 88 valence electrons. The van der Waals surface area contributed by atoms with E-state index in [9.17, 15) is 4.79 Å². The summed E-state index contributed by atoms with van der Waals surface area (Å²) in [7, 11) is 0. The minimum atomic E-state index is -0.308. The summed E-state index contributed by atoms with van der Waals surface area (Å²) in [5, 5.41) is 4.16. The molecule has 5 heteroatoms. The van der Waals surface area contributed by atoms with Gasteiger partial charge in [-0.3, -0.25) is 4.79 Å². The zero-order chi connectivity index (χ0) is 11.8. The summed E-state index contributed by atoms with van der Waals surface area (Å²) < 4.78 is 5.68. The number of fused-ring (bicyclic) bond motifs is 1. The summed E-state index contributed by atoms with van der Waals surface area (Å²) in [6.07, 6.45) is 6.42. The Balaban J connectivity index is 1.61. The number of carbonyl (C=O) groups is 1. The number of rotatable bonds is 2. The molecule has 0 bridgehead atoms. The predicted octanol–water partition coefficient (Wildman–Crippen LogP) is 2.72. The molecule has 1 fully saturated rings. The van der Waals surface area contributed by atoms with Crippen LogP contribution in [0.3, 0.4) is 0 Å². The molecule has 0 spiro atoms. The van der Waals surface area contributed by atoms with Gasteiger partial charge in [0, 0.05) is 11.6 Å². The van der Waals surface area contributed by atoms with E-state index in [0.717, 1.165) is 18.6 Å². The second-order valence-electron chi connectivity index (χ2n) is 4.29. The number of amides is 1. The topological polar surface area (TPSA) is 54.6 Å². The van der Waals surface area contributed by atoms with Gasteiger partial charge >= 0.3 is 5.91 Å². The van der Waals surface area contributed by atoms with Crippen molar-refractivity contribution in [2.24, 2.45) is 16.9 Å². The Morgan fingerprint density at radius 2 is 2.41 bits per heavy atom. The molecule has 0 aliphatic heterocycles. The van der Waals surface area contributed by atoms with Crippen LogP contribution in [0.25, 0.3) is 0 Å². The number of halogens is 1. The van der Waals surface area contributed by atoms with Gasteiger partial charge in [-0.05, 0) is 46.8 Å². The zero-order valence-electron chi connectivity index (χ0n) is 9.02. The highest BCUT2D eigenvalue weighted by Crippen LogP contribution is 2.40. The Morgan fingerprint density at radius 3 is 3.12 bits per heavy atom. The summed E-state index contributed by atoms with van der Waals surface area (Å²) in [6.45, 7) is 0. The third-order valence-corrected chi connectivity index (χ3v) is 3.69. The minimum Gasteiger partial charge on any atom is -0.444 e. The Hall–Kier alpha value is -1.36. The first-order valence-corrected chi connectivity index (χ1v) is 6.32. The van der Waals surface area contributed by atoms with Crippen molar-refractivity contribution in [2.75, 3.05) is 0 Å². The number of hydrogen-bond donors (Lipinski definition) is 1. The van der Waals surface area contributed by atoms with Gasteiger partial charge in [-0.1, -0.05) is 12.2 Å². The second-order valence-corrected chi connectivity index (χ2v) is 5.07. The SMILES string of the molecule is O=C(N/N=C1\C[C@H]2C=CC[C@H]12)c1ccc(Br)o1. The molecule has 0 radical (unpaired) electrons. The normalized spacial score (nSPS) is 27.9. The minimum absolute atomic E-state index is 0.265. The predicted molar refractivity (Wildman–Crippen MR) is 66.7 cm³/mol. The van der Waals surface area contributed by atoms with Crippen molar-refractivity contribution in [2.45, 2.75) is 12.8 Å². The molecule has 3 rings (SSSR count). The zero-order valence-corrected chi connectivity index (χ0v) is 10.6. The molecular formula is C12H11BrN2O2. The molecule has 0 saturated heterocycles. The van der Waals surface area contributed by atoms with Crippen LogP contribution in [-0.4, -0.2) is 11.6 Å². The molecule has 2 aliphatic carbocycles. The number of hydrogen-bond acceptors (Lipinski definition) is 3. The highest BCUT2D eigenvalue weighted by molar-refractivity contribution is 9.10. The van der Waals surface area contributed by atoms with Crippen molar-refractivity contribution in [3.63, 3.8) is 0 Å². The Morgan fingerprint density at radius 1 is 1.53 bits per heavy atom. The summed E-state index contributed by atoms with van der Waals surface area (Å²) in [4.78, 5) is 11.6. The van der Waals surface area contributed by atoms with E-state index in [1.54, 1.807) is 12.1 Å². The van der Waals surface area contributed by atoms with Crippen LogP contribution >= 0.6 is 15.9 Å². The number of allylic oxidation sites excluding steroid dienone is 2. The summed E-state index contributed by atoms with van der Waals surface area (Å²) in [6, 6.07) is 3.29. The summed E-state index contributed by atoms with van der Waals surface area (Å²) in [5.74, 6) is 1.11. The largest absolute Gasteiger partial charge is 0.444 e. The molecule has 0 unspecified atom stereocenters. The van der Waals surface area contributed by atoms with Gasteiger partial charge in [0.2, 0.25) is 0 Å². The van der Waals surface area contributed by atoms with Crippen molar-refractivity contribution >= 4 is 27.5 Å². The van der Waals surface area contributed by atoms with Gasteiger partial charge in [-0.25, -0.2) is 5.43 Å². The first kappa shape index (κ1) is 10.8. The molecule has 2 atom stereocenters. The van der Waals surface area contributed by atoms with E-state index in [1.165, 1.54) is 0 Å². The van der Waals surface area contributed by atoms with Gasteiger partial charge in [0.1, 0.15) is 0 Å². The van der Waals surface area contributed by atoms with Gasteiger partial charge in [0.25, 0.3) is 0 Å². The molecule has 0 aromatic carbocycles. The van der Waals surface area contributed by atoms with E-state index in [0.29, 0.717) is 16.5 Å². The number of nitrogens with zero attached hydrogens (tertiary/aromatic N) is 1. The number of hydrazone groups is 1. The fourth-order valence-electron chi connectivity index (χ4n) is 2.28. The van der Waals surface area contributed by atoms with E-state index in [4.69, 9.17) is 4.42 Å². The van der Waals surface area contributed by atoms with Gasteiger partial charge in [0.15, 0.2) is 10.4 Å². The lowest BCUT2D eigenvalue weighted by Gasteiger charge is -2.31. The first-order chi connectivity index (χ1) is 8.24. The van der Waals surface area contributed by atoms with Crippen LogP contribution in [0.5, 0.6) is 0 Å². The molecular weight excluding hydrogens is 284 g/mol. The van der Waals surface area contributed by atoms with E-state index in [1.807, 2.05) is 0 Å². The maximum atomic E-state index is 11.6. The van der Waals surface area contributed by atoms with E-state index < -0.39 is 0 Å². The van der Waals surface area contributed by atoms with E-state index in [-0.39, 0.29) is 11.7 Å². The van der Waals surface area contributed by atoms with Gasteiger partial charge < -0.3 is 4.42 Å². The Kier molecular flexibility index (Phi) is 2.63. The molecule has 1 heterocycles. The van der Waals surface area contributed by atoms with E-state index >= 15 is 0 Å². The lowest BCUT2D eigenvalue weighted by molar-refractivity contribution is 0.0925. The number of nitrogens with one attached hydrogen (secondary N) is 1. The Labute approximate surface area is 107 Å². The van der Waals surface area contributed by atoms with Crippen molar-refractivity contribution in [1.29, 1.82) is 0 Å². The van der Waals surface area contributed by atoms with Gasteiger partial charge in [-0.15, -0.1) is 0 Å². The van der Waals surface area contributed by atoms with Crippen LogP contribution in [0.4, 0.5) is 0 Å². The fraction of sp³-hybridized carbons (Fsp3) is 0.333. The van der Waals surface area contributed by atoms with Gasteiger partial charge in [-0.2, -0.15) is 5.10 Å². The number of carbonyl (C=O) groups excluding carboxylic acids is 1. The van der Waals surface area contributed by atoms with Crippen molar-refractivity contribution in [1.82, 2.24) is 5.43 Å². The highest BCUT2D eigenvalue weighted by Gasteiger charge is 2.38. The van der Waals surface area contributed by atoms with Crippen molar-refractivity contribution < 1.29 is 9.21 Å². The van der Waals surface area contributed by atoms with Crippen LogP contribution in [0, 0.1) is 11.8 Å². The second kappa shape index (κ2) is 4.14. The smallest absolute Gasteiger partial charge is 0.307 e. The van der Waals surface area contributed by atoms with Crippen molar-refractivity contribution in [3.8, 4) is 0 Å². The highest BCUT2D eigenvalue weighted by atomic mass is 79.9. The third kappa shape index (κ3) is 1.95. The fourth-order valence-corrected chi connectivity index (χ4v) is 2.58. The molecule has 1 N–H and O–H groups in total. The monoisotopic (exact) mass is 294 g/mol. The molecule has 2 aliphatic rings. The molecule has 17 heavy (non-hydrogen) atoms. The third-order valence-electron chi connectivity index (χ3n) is 3.26. The average molecular weight is 295 g/mol. The van der Waals surface area contributed by atoms with Crippen LogP contribution < -0.4 is 5.43 Å². The molecule has 1 aromatic heterocycles. The quantitative estimate of drug-likeness (QED) is 0.673.